The van der Waals surface area contributed by atoms with E-state index in [0.29, 0.717) is 0 Å². The van der Waals surface area contributed by atoms with Crippen molar-refractivity contribution in [1.82, 2.24) is 5.32 Å². The second-order valence-electron chi connectivity index (χ2n) is 5.98. The van der Waals surface area contributed by atoms with Crippen LogP contribution in [-0.2, 0) is 4.79 Å². The van der Waals surface area contributed by atoms with Gasteiger partial charge >= 0.3 is 0 Å². The number of hydrogen-bond acceptors (Lipinski definition) is 3. The van der Waals surface area contributed by atoms with E-state index < -0.39 is 11.9 Å². The van der Waals surface area contributed by atoms with E-state index in [0.717, 1.165) is 16.8 Å². The van der Waals surface area contributed by atoms with Crippen LogP contribution in [0.2, 0.25) is 0 Å². The van der Waals surface area contributed by atoms with Gasteiger partial charge in [0.05, 0.1) is 6.26 Å². The van der Waals surface area contributed by atoms with Crippen LogP contribution in [0.25, 0.3) is 0 Å². The van der Waals surface area contributed by atoms with Crippen molar-refractivity contribution in [2.24, 2.45) is 5.92 Å². The summed E-state index contributed by atoms with van der Waals surface area (Å²) in [4.78, 5) is 24.6. The summed E-state index contributed by atoms with van der Waals surface area (Å²) in [6, 6.07) is 8.36. The van der Waals surface area contributed by atoms with E-state index in [1.54, 1.807) is 12.1 Å². The van der Waals surface area contributed by atoms with Crippen molar-refractivity contribution in [2.45, 2.75) is 33.7 Å². The number of carbonyl (C=O) groups is 2. The Morgan fingerprint density at radius 1 is 1.13 bits per heavy atom. The van der Waals surface area contributed by atoms with Crippen LogP contribution >= 0.6 is 0 Å². The fourth-order valence-electron chi connectivity index (χ4n) is 2.32. The van der Waals surface area contributed by atoms with Gasteiger partial charge in [0.2, 0.25) is 5.91 Å². The third kappa shape index (κ3) is 4.22. The fourth-order valence-corrected chi connectivity index (χ4v) is 2.32. The number of anilines is 1. The first-order valence-electron chi connectivity index (χ1n) is 7.61. The van der Waals surface area contributed by atoms with Crippen molar-refractivity contribution in [3.05, 3.63) is 53.5 Å². The molecule has 0 saturated carbocycles. The van der Waals surface area contributed by atoms with Gasteiger partial charge in [0.1, 0.15) is 6.04 Å². The van der Waals surface area contributed by atoms with Crippen molar-refractivity contribution in [3.8, 4) is 0 Å². The van der Waals surface area contributed by atoms with Gasteiger partial charge in [0.15, 0.2) is 5.76 Å². The molecule has 2 aromatic rings. The number of rotatable bonds is 5. The normalized spacial score (nSPS) is 12.0. The molecule has 0 aliphatic heterocycles. The summed E-state index contributed by atoms with van der Waals surface area (Å²) in [5.41, 5.74) is 2.86. The summed E-state index contributed by atoms with van der Waals surface area (Å²) in [5, 5.41) is 5.61. The summed E-state index contributed by atoms with van der Waals surface area (Å²) in [6.45, 7) is 7.71. The van der Waals surface area contributed by atoms with E-state index in [1.165, 1.54) is 6.26 Å². The predicted octanol–water partition coefficient (Wildman–Crippen LogP) is 3.29. The van der Waals surface area contributed by atoms with E-state index in [1.807, 2.05) is 45.9 Å². The summed E-state index contributed by atoms with van der Waals surface area (Å²) in [7, 11) is 0. The Bertz CT molecular complexity index is 690. The van der Waals surface area contributed by atoms with Crippen molar-refractivity contribution in [1.29, 1.82) is 0 Å². The first-order chi connectivity index (χ1) is 10.9. The monoisotopic (exact) mass is 314 g/mol. The van der Waals surface area contributed by atoms with Crippen molar-refractivity contribution >= 4 is 17.5 Å². The highest BCUT2D eigenvalue weighted by molar-refractivity contribution is 6.00. The van der Waals surface area contributed by atoms with Crippen LogP contribution in [0, 0.1) is 19.8 Å². The molecule has 122 valence electrons. The molecule has 2 rings (SSSR count). The molecule has 1 aromatic carbocycles. The standard InChI is InChI=1S/C18H22N2O3/c1-11(2)16(20-17(21)15-6-5-9-23-15)18(22)19-14-8-7-12(3)10-13(14)4/h5-11,16H,1-4H3,(H,19,22)(H,20,21). The van der Waals surface area contributed by atoms with E-state index >= 15 is 0 Å². The first kappa shape index (κ1) is 16.8. The van der Waals surface area contributed by atoms with E-state index in [-0.39, 0.29) is 17.6 Å². The number of carbonyl (C=O) groups excluding carboxylic acids is 2. The smallest absolute Gasteiger partial charge is 0.287 e. The predicted molar refractivity (Wildman–Crippen MR) is 89.3 cm³/mol. The van der Waals surface area contributed by atoms with E-state index in [9.17, 15) is 9.59 Å². The van der Waals surface area contributed by atoms with Crippen LogP contribution < -0.4 is 10.6 Å². The Labute approximate surface area is 136 Å². The second-order valence-corrected chi connectivity index (χ2v) is 5.98. The van der Waals surface area contributed by atoms with E-state index in [4.69, 9.17) is 4.42 Å². The zero-order chi connectivity index (χ0) is 17.0. The highest BCUT2D eigenvalue weighted by Gasteiger charge is 2.25. The molecular formula is C18H22N2O3. The van der Waals surface area contributed by atoms with Gasteiger partial charge in [-0.25, -0.2) is 0 Å². The Balaban J connectivity index is 2.10. The number of amides is 2. The molecule has 0 aliphatic rings. The number of furan rings is 1. The van der Waals surface area contributed by atoms with Gasteiger partial charge in [0, 0.05) is 5.69 Å². The Kier molecular flexibility index (Phi) is 5.21. The molecule has 0 fully saturated rings. The molecule has 2 amide bonds. The highest BCUT2D eigenvalue weighted by Crippen LogP contribution is 2.17. The summed E-state index contributed by atoms with van der Waals surface area (Å²) in [5.74, 6) is -0.508. The van der Waals surface area contributed by atoms with Gasteiger partial charge in [0.25, 0.3) is 5.91 Å². The topological polar surface area (TPSA) is 71.3 Å². The number of hydrogen-bond donors (Lipinski definition) is 2. The number of nitrogens with one attached hydrogen (secondary N) is 2. The zero-order valence-corrected chi connectivity index (χ0v) is 13.8. The maximum Gasteiger partial charge on any atom is 0.287 e. The molecule has 5 heteroatoms. The van der Waals surface area contributed by atoms with Crippen LogP contribution in [0.5, 0.6) is 0 Å². The van der Waals surface area contributed by atoms with Crippen molar-refractivity contribution < 1.29 is 14.0 Å². The van der Waals surface area contributed by atoms with Crippen LogP contribution in [0.4, 0.5) is 5.69 Å². The minimum absolute atomic E-state index is 0.0559. The molecule has 0 radical (unpaired) electrons. The minimum Gasteiger partial charge on any atom is -0.459 e. The maximum absolute atomic E-state index is 12.5. The molecular weight excluding hydrogens is 292 g/mol. The molecule has 0 saturated heterocycles. The Morgan fingerprint density at radius 2 is 1.87 bits per heavy atom. The molecule has 0 bridgehead atoms. The van der Waals surface area contributed by atoms with Crippen LogP contribution in [-0.4, -0.2) is 17.9 Å². The van der Waals surface area contributed by atoms with Gasteiger partial charge in [-0.2, -0.15) is 0 Å². The lowest BCUT2D eigenvalue weighted by atomic mass is 10.0. The van der Waals surface area contributed by atoms with Gasteiger partial charge < -0.3 is 15.1 Å². The van der Waals surface area contributed by atoms with Gasteiger partial charge in [-0.3, -0.25) is 9.59 Å². The first-order valence-corrected chi connectivity index (χ1v) is 7.61. The lowest BCUT2D eigenvalue weighted by Gasteiger charge is -2.21. The van der Waals surface area contributed by atoms with Gasteiger partial charge in [-0.05, 0) is 43.5 Å². The summed E-state index contributed by atoms with van der Waals surface area (Å²) >= 11 is 0. The molecule has 1 aromatic heterocycles. The zero-order valence-electron chi connectivity index (χ0n) is 13.8. The number of aryl methyl sites for hydroxylation is 2. The quantitative estimate of drug-likeness (QED) is 0.889. The number of benzene rings is 1. The molecule has 23 heavy (non-hydrogen) atoms. The second kappa shape index (κ2) is 7.13. The van der Waals surface area contributed by atoms with Gasteiger partial charge in [-0.1, -0.05) is 31.5 Å². The average molecular weight is 314 g/mol. The van der Waals surface area contributed by atoms with E-state index in [2.05, 4.69) is 10.6 Å². The third-order valence-electron chi connectivity index (χ3n) is 3.62. The Morgan fingerprint density at radius 3 is 2.43 bits per heavy atom. The van der Waals surface area contributed by atoms with Crippen LogP contribution in [0.1, 0.15) is 35.5 Å². The molecule has 0 spiro atoms. The van der Waals surface area contributed by atoms with Crippen molar-refractivity contribution in [2.75, 3.05) is 5.32 Å². The maximum atomic E-state index is 12.5. The van der Waals surface area contributed by atoms with Crippen LogP contribution in [0.3, 0.4) is 0 Å². The van der Waals surface area contributed by atoms with Crippen LogP contribution in [0.15, 0.2) is 41.0 Å². The molecule has 0 aliphatic carbocycles. The Hall–Kier alpha value is -2.56. The lowest BCUT2D eigenvalue weighted by molar-refractivity contribution is -0.118. The lowest BCUT2D eigenvalue weighted by Crippen LogP contribution is -2.47. The average Bonchev–Trinajstić information content (AvgIpc) is 3.01. The SMILES string of the molecule is Cc1ccc(NC(=O)C(NC(=O)c2ccco2)C(C)C)c(C)c1. The largest absolute Gasteiger partial charge is 0.459 e. The van der Waals surface area contributed by atoms with Crippen molar-refractivity contribution in [3.63, 3.8) is 0 Å². The molecule has 1 unspecified atom stereocenters. The fraction of sp³-hybridized carbons (Fsp3) is 0.333. The molecule has 1 atom stereocenters. The summed E-state index contributed by atoms with van der Waals surface area (Å²) in [6.07, 6.45) is 1.43. The summed E-state index contributed by atoms with van der Waals surface area (Å²) < 4.78 is 5.06. The van der Waals surface area contributed by atoms with Gasteiger partial charge in [-0.15, -0.1) is 0 Å². The highest BCUT2D eigenvalue weighted by atomic mass is 16.3. The molecule has 5 nitrogen and oxygen atoms in total. The third-order valence-corrected chi connectivity index (χ3v) is 3.62. The molecule has 1 heterocycles. The molecule has 2 N–H and O–H groups in total. The minimum atomic E-state index is -0.645.